The average molecular weight is 383 g/mol. The molecule has 1 aromatic heterocycles. The van der Waals surface area contributed by atoms with Gasteiger partial charge >= 0.3 is 0 Å². The zero-order chi connectivity index (χ0) is 19.9. The van der Waals surface area contributed by atoms with E-state index in [1.54, 1.807) is 12.1 Å². The first kappa shape index (κ1) is 20.1. The third-order valence-corrected chi connectivity index (χ3v) is 5.51. The summed E-state index contributed by atoms with van der Waals surface area (Å²) in [5, 5.41) is 14.8. The predicted octanol–water partition coefficient (Wildman–Crippen LogP) is 2.32. The summed E-state index contributed by atoms with van der Waals surface area (Å²) in [6, 6.07) is 7.81. The van der Waals surface area contributed by atoms with Gasteiger partial charge in [0, 0.05) is 36.1 Å². The molecule has 0 saturated heterocycles. The Kier molecular flexibility index (Phi) is 6.81. The molecule has 1 aromatic carbocycles. The predicted molar refractivity (Wildman–Crippen MR) is 113 cm³/mol. The summed E-state index contributed by atoms with van der Waals surface area (Å²) in [7, 11) is 2.13. The summed E-state index contributed by atoms with van der Waals surface area (Å²) in [6.07, 6.45) is 7.52. The van der Waals surface area contributed by atoms with Crippen LogP contribution in [0.4, 0.5) is 5.69 Å². The number of amides is 1. The maximum absolute atomic E-state index is 12.3. The number of H-pyrrole nitrogens is 1. The van der Waals surface area contributed by atoms with E-state index in [1.807, 2.05) is 12.1 Å². The maximum Gasteiger partial charge on any atom is 0.256 e. The van der Waals surface area contributed by atoms with E-state index in [0.29, 0.717) is 34.7 Å². The molecular formula is C21H29N5O2. The van der Waals surface area contributed by atoms with Crippen LogP contribution in [0.25, 0.3) is 10.8 Å². The number of fused-ring (bicyclic) bond motifs is 1. The van der Waals surface area contributed by atoms with Crippen LogP contribution < -0.4 is 16.2 Å². The van der Waals surface area contributed by atoms with Crippen LogP contribution in [0.15, 0.2) is 29.1 Å². The van der Waals surface area contributed by atoms with Crippen LogP contribution in [-0.2, 0) is 4.79 Å². The Bertz CT molecular complexity index is 886. The number of aromatic amines is 1. The number of rotatable bonds is 8. The van der Waals surface area contributed by atoms with Gasteiger partial charge in [-0.1, -0.05) is 37.5 Å². The molecule has 1 aliphatic rings. The number of carbonyl (C=O) groups is 1. The highest BCUT2D eigenvalue weighted by molar-refractivity contribution is 6.01. The first-order valence-electron chi connectivity index (χ1n) is 9.96. The Hall–Kier alpha value is -2.67. The quantitative estimate of drug-likeness (QED) is 0.526. The van der Waals surface area contributed by atoms with Crippen molar-refractivity contribution in [3.63, 3.8) is 0 Å². The monoisotopic (exact) mass is 383 g/mol. The highest BCUT2D eigenvalue weighted by atomic mass is 16.2. The number of hydrogen-bond donors (Lipinski definition) is 4. The van der Waals surface area contributed by atoms with Gasteiger partial charge in [-0.05, 0) is 26.0 Å². The first-order valence-corrected chi connectivity index (χ1v) is 9.96. The van der Waals surface area contributed by atoms with E-state index in [2.05, 4.69) is 27.6 Å². The molecule has 3 rings (SSSR count). The summed E-state index contributed by atoms with van der Waals surface area (Å²) in [4.78, 5) is 29.4. The smallest absolute Gasteiger partial charge is 0.256 e. The standard InChI is InChI=1S/C21H29N5O2/c1-26(15-7-3-2-4-8-15)12-11-23-19(27)14-24-20-16-9-5-6-10-17(16)21(28)25-18(20)13-22/h5-6,9-10,13,15,22,24H,2-4,7-8,11-12,14H2,1H3,(H,23,27)(H,25,28). The Morgan fingerprint density at radius 3 is 2.68 bits per heavy atom. The molecule has 7 nitrogen and oxygen atoms in total. The van der Waals surface area contributed by atoms with Crippen molar-refractivity contribution in [2.24, 2.45) is 0 Å². The minimum absolute atomic E-state index is 0.0873. The summed E-state index contributed by atoms with van der Waals surface area (Å²) >= 11 is 0. The SMILES string of the molecule is CN(CCNC(=O)CNc1c(C=N)[nH]c(=O)c2ccccc12)C1CCCCC1. The Morgan fingerprint density at radius 2 is 1.96 bits per heavy atom. The summed E-state index contributed by atoms with van der Waals surface area (Å²) in [5.74, 6) is -0.108. The molecule has 1 fully saturated rings. The molecule has 1 amide bonds. The highest BCUT2D eigenvalue weighted by Crippen LogP contribution is 2.22. The lowest BCUT2D eigenvalue weighted by Gasteiger charge is -2.31. The van der Waals surface area contributed by atoms with Gasteiger partial charge in [0.2, 0.25) is 5.91 Å². The van der Waals surface area contributed by atoms with E-state index >= 15 is 0 Å². The Morgan fingerprint density at radius 1 is 1.25 bits per heavy atom. The number of benzene rings is 1. The number of likely N-dealkylation sites (N-methyl/N-ethyl adjacent to an activating group) is 1. The lowest BCUT2D eigenvalue weighted by Crippen LogP contribution is -2.40. The summed E-state index contributed by atoms with van der Waals surface area (Å²) in [5.41, 5.74) is 0.725. The molecule has 150 valence electrons. The van der Waals surface area contributed by atoms with Crippen molar-refractivity contribution in [1.82, 2.24) is 15.2 Å². The molecule has 0 bridgehead atoms. The van der Waals surface area contributed by atoms with Crippen LogP contribution >= 0.6 is 0 Å². The number of pyridine rings is 1. The first-order chi connectivity index (χ1) is 13.6. The van der Waals surface area contributed by atoms with Crippen LogP contribution in [0.5, 0.6) is 0 Å². The molecule has 4 N–H and O–H groups in total. The third kappa shape index (κ3) is 4.78. The van der Waals surface area contributed by atoms with Gasteiger partial charge in [0.25, 0.3) is 5.56 Å². The summed E-state index contributed by atoms with van der Waals surface area (Å²) < 4.78 is 0. The van der Waals surface area contributed by atoms with Crippen molar-refractivity contribution >= 4 is 28.6 Å². The second-order valence-corrected chi connectivity index (χ2v) is 7.41. The molecule has 7 heteroatoms. The van der Waals surface area contributed by atoms with E-state index in [-0.39, 0.29) is 18.0 Å². The van der Waals surface area contributed by atoms with Gasteiger partial charge in [-0.25, -0.2) is 0 Å². The highest BCUT2D eigenvalue weighted by Gasteiger charge is 2.17. The lowest BCUT2D eigenvalue weighted by molar-refractivity contribution is -0.119. The van der Waals surface area contributed by atoms with Crippen molar-refractivity contribution in [2.75, 3.05) is 32.0 Å². The number of hydrogen-bond acceptors (Lipinski definition) is 5. The molecular weight excluding hydrogens is 354 g/mol. The molecule has 0 radical (unpaired) electrons. The topological polar surface area (TPSA) is 101 Å². The lowest BCUT2D eigenvalue weighted by atomic mass is 9.94. The zero-order valence-electron chi connectivity index (χ0n) is 16.4. The van der Waals surface area contributed by atoms with Crippen molar-refractivity contribution in [2.45, 2.75) is 38.1 Å². The third-order valence-electron chi connectivity index (χ3n) is 5.51. The van der Waals surface area contributed by atoms with Gasteiger partial charge in [0.1, 0.15) is 0 Å². The zero-order valence-corrected chi connectivity index (χ0v) is 16.4. The van der Waals surface area contributed by atoms with Gasteiger partial charge in [-0.15, -0.1) is 0 Å². The Balaban J connectivity index is 1.55. The molecule has 1 saturated carbocycles. The van der Waals surface area contributed by atoms with Gasteiger partial charge in [0.15, 0.2) is 0 Å². The fraction of sp³-hybridized carbons (Fsp3) is 0.476. The molecule has 1 heterocycles. The van der Waals surface area contributed by atoms with Crippen molar-refractivity contribution < 1.29 is 4.79 Å². The van der Waals surface area contributed by atoms with Crippen LogP contribution in [0.2, 0.25) is 0 Å². The minimum Gasteiger partial charge on any atom is -0.374 e. The van der Waals surface area contributed by atoms with Gasteiger partial charge in [-0.3, -0.25) is 9.59 Å². The molecule has 2 aromatic rings. The van der Waals surface area contributed by atoms with Crippen LogP contribution in [0, 0.1) is 5.41 Å². The molecule has 0 unspecified atom stereocenters. The fourth-order valence-electron chi connectivity index (χ4n) is 3.90. The van der Waals surface area contributed by atoms with Crippen LogP contribution in [0.1, 0.15) is 37.8 Å². The largest absolute Gasteiger partial charge is 0.374 e. The molecule has 28 heavy (non-hydrogen) atoms. The van der Waals surface area contributed by atoms with Crippen molar-refractivity contribution in [1.29, 1.82) is 5.41 Å². The molecule has 1 aliphatic carbocycles. The number of anilines is 1. The Labute approximate surface area is 165 Å². The van der Waals surface area contributed by atoms with Crippen LogP contribution in [-0.4, -0.2) is 54.7 Å². The van der Waals surface area contributed by atoms with Crippen LogP contribution in [0.3, 0.4) is 0 Å². The van der Waals surface area contributed by atoms with E-state index in [9.17, 15) is 9.59 Å². The number of nitrogens with zero attached hydrogens (tertiary/aromatic N) is 1. The van der Waals surface area contributed by atoms with E-state index in [4.69, 9.17) is 5.41 Å². The minimum atomic E-state index is -0.241. The van der Waals surface area contributed by atoms with E-state index in [0.717, 1.165) is 12.8 Å². The normalized spacial score (nSPS) is 14.9. The molecule has 0 aliphatic heterocycles. The fourth-order valence-corrected chi connectivity index (χ4v) is 3.90. The molecule has 0 spiro atoms. The second kappa shape index (κ2) is 9.50. The second-order valence-electron chi connectivity index (χ2n) is 7.41. The van der Waals surface area contributed by atoms with Gasteiger partial charge < -0.3 is 25.9 Å². The number of nitrogens with one attached hydrogen (secondary N) is 4. The number of carbonyl (C=O) groups excluding carboxylic acids is 1. The maximum atomic E-state index is 12.3. The summed E-state index contributed by atoms with van der Waals surface area (Å²) in [6.45, 7) is 1.53. The van der Waals surface area contributed by atoms with Gasteiger partial charge in [0.05, 0.1) is 17.9 Å². The van der Waals surface area contributed by atoms with Crippen molar-refractivity contribution in [3.05, 3.63) is 40.3 Å². The van der Waals surface area contributed by atoms with E-state index < -0.39 is 0 Å². The average Bonchev–Trinajstić information content (AvgIpc) is 2.73. The molecule has 0 atom stereocenters. The van der Waals surface area contributed by atoms with E-state index in [1.165, 1.54) is 32.1 Å². The number of aromatic nitrogens is 1. The van der Waals surface area contributed by atoms with Gasteiger partial charge in [-0.2, -0.15) is 0 Å². The van der Waals surface area contributed by atoms with Crippen molar-refractivity contribution in [3.8, 4) is 0 Å².